The Labute approximate surface area is 170 Å². The van der Waals surface area contributed by atoms with Crippen molar-refractivity contribution >= 4 is 10.9 Å². The molecule has 3 rings (SSSR count). The Morgan fingerprint density at radius 2 is 1.90 bits per heavy atom. The van der Waals surface area contributed by atoms with E-state index >= 15 is 0 Å². The second kappa shape index (κ2) is 10.8. The number of ether oxygens (including phenoxy) is 3. The van der Waals surface area contributed by atoms with Crippen molar-refractivity contribution < 1.29 is 14.2 Å². The van der Waals surface area contributed by atoms with Crippen molar-refractivity contribution in [3.05, 3.63) is 76.1 Å². The van der Waals surface area contributed by atoms with E-state index in [0.717, 1.165) is 29.4 Å². The average Bonchev–Trinajstić information content (AvgIpc) is 2.75. The second-order valence-corrected chi connectivity index (χ2v) is 6.81. The van der Waals surface area contributed by atoms with Crippen LogP contribution in [-0.4, -0.2) is 24.9 Å². The van der Waals surface area contributed by atoms with Crippen LogP contribution in [0.1, 0.15) is 37.0 Å². The molecule has 0 aliphatic rings. The summed E-state index contributed by atoms with van der Waals surface area (Å²) in [7, 11) is 0. The number of pyridine rings is 1. The number of rotatable bonds is 11. The lowest BCUT2D eigenvalue weighted by atomic mass is 10.0. The van der Waals surface area contributed by atoms with Crippen LogP contribution in [0.2, 0.25) is 0 Å². The van der Waals surface area contributed by atoms with Crippen LogP contribution in [0, 0.1) is 0 Å². The van der Waals surface area contributed by atoms with Crippen LogP contribution in [0.3, 0.4) is 0 Å². The number of fused-ring (bicyclic) bond motifs is 1. The fraction of sp³-hybridized carbons (Fsp3) is 0.348. The van der Waals surface area contributed by atoms with Crippen molar-refractivity contribution in [2.45, 2.75) is 32.5 Å². The van der Waals surface area contributed by atoms with Gasteiger partial charge >= 0.3 is 0 Å². The van der Waals surface area contributed by atoms with Crippen molar-refractivity contribution in [2.75, 3.05) is 19.9 Å². The molecule has 0 bridgehead atoms. The molecule has 0 amide bonds. The molecular weight excluding hydrogens is 368 g/mol. The number of nitrogens with two attached hydrogens (primary N) is 1. The van der Waals surface area contributed by atoms with E-state index in [2.05, 4.69) is 11.9 Å². The summed E-state index contributed by atoms with van der Waals surface area (Å²) in [6.45, 7) is 3.66. The standard InChI is InChI=1S/C23H28N2O4/c1-2-3-13-27-16-29-21(14-24)18-9-11-20(23-19(18)10-12-22(26)25-23)28-15-17-7-5-4-6-8-17/h4-12,21H,2-3,13-16,24H2,1H3,(H,25,26). The zero-order chi connectivity index (χ0) is 20.5. The van der Waals surface area contributed by atoms with E-state index in [1.54, 1.807) is 6.07 Å². The first-order valence-electron chi connectivity index (χ1n) is 9.95. The van der Waals surface area contributed by atoms with E-state index in [-0.39, 0.29) is 18.5 Å². The van der Waals surface area contributed by atoms with Gasteiger partial charge in [-0.2, -0.15) is 0 Å². The maximum atomic E-state index is 11.9. The van der Waals surface area contributed by atoms with Crippen molar-refractivity contribution in [1.82, 2.24) is 4.98 Å². The van der Waals surface area contributed by atoms with Gasteiger partial charge in [0.25, 0.3) is 0 Å². The zero-order valence-corrected chi connectivity index (χ0v) is 16.7. The molecule has 1 aromatic heterocycles. The monoisotopic (exact) mass is 396 g/mol. The number of hydrogen-bond acceptors (Lipinski definition) is 5. The molecule has 6 nitrogen and oxygen atoms in total. The van der Waals surface area contributed by atoms with E-state index in [9.17, 15) is 4.79 Å². The Hall–Kier alpha value is -2.67. The van der Waals surface area contributed by atoms with Gasteiger partial charge in [0, 0.05) is 24.6 Å². The van der Waals surface area contributed by atoms with Crippen molar-refractivity contribution in [1.29, 1.82) is 0 Å². The van der Waals surface area contributed by atoms with Crippen LogP contribution < -0.4 is 16.0 Å². The molecule has 154 valence electrons. The molecule has 0 saturated carbocycles. The van der Waals surface area contributed by atoms with Crippen LogP contribution >= 0.6 is 0 Å². The van der Waals surface area contributed by atoms with Crippen molar-refractivity contribution in [3.63, 3.8) is 0 Å². The highest BCUT2D eigenvalue weighted by atomic mass is 16.7. The molecule has 3 aromatic rings. The molecular formula is C23H28N2O4. The Kier molecular flexibility index (Phi) is 7.81. The number of aromatic amines is 1. The summed E-state index contributed by atoms with van der Waals surface area (Å²) in [6.07, 6.45) is 1.73. The smallest absolute Gasteiger partial charge is 0.248 e. The minimum absolute atomic E-state index is 0.180. The summed E-state index contributed by atoms with van der Waals surface area (Å²) < 4.78 is 17.3. The molecule has 0 aliphatic carbocycles. The van der Waals surface area contributed by atoms with E-state index in [1.165, 1.54) is 6.07 Å². The minimum Gasteiger partial charge on any atom is -0.487 e. The molecule has 6 heteroatoms. The van der Waals surface area contributed by atoms with Gasteiger partial charge < -0.3 is 24.9 Å². The minimum atomic E-state index is -0.340. The Morgan fingerprint density at radius 1 is 1.07 bits per heavy atom. The van der Waals surface area contributed by atoms with Gasteiger partial charge in [0.05, 0.1) is 11.6 Å². The molecule has 1 heterocycles. The van der Waals surface area contributed by atoms with Crippen LogP contribution in [0.5, 0.6) is 5.75 Å². The van der Waals surface area contributed by atoms with E-state index in [0.29, 0.717) is 31.0 Å². The molecule has 1 unspecified atom stereocenters. The van der Waals surface area contributed by atoms with Gasteiger partial charge in [0.2, 0.25) is 5.56 Å². The summed E-state index contributed by atoms with van der Waals surface area (Å²) in [5, 5.41) is 0.846. The summed E-state index contributed by atoms with van der Waals surface area (Å²) >= 11 is 0. The maximum absolute atomic E-state index is 11.9. The summed E-state index contributed by atoms with van der Waals surface area (Å²) in [5.74, 6) is 0.611. The number of aromatic nitrogens is 1. The lowest BCUT2D eigenvalue weighted by Gasteiger charge is -2.19. The van der Waals surface area contributed by atoms with Crippen molar-refractivity contribution in [3.8, 4) is 5.75 Å². The van der Waals surface area contributed by atoms with E-state index < -0.39 is 0 Å². The van der Waals surface area contributed by atoms with Gasteiger partial charge in [-0.25, -0.2) is 0 Å². The Bertz CT molecular complexity index is 956. The molecule has 0 radical (unpaired) electrons. The average molecular weight is 396 g/mol. The van der Waals surface area contributed by atoms with Crippen LogP contribution in [0.15, 0.2) is 59.4 Å². The second-order valence-electron chi connectivity index (χ2n) is 6.81. The topological polar surface area (TPSA) is 86.6 Å². The predicted octanol–water partition coefficient (Wildman–Crippen LogP) is 3.90. The fourth-order valence-corrected chi connectivity index (χ4v) is 3.10. The van der Waals surface area contributed by atoms with E-state index in [4.69, 9.17) is 19.9 Å². The SMILES string of the molecule is CCCCOCOC(CN)c1ccc(OCc2ccccc2)c2[nH]c(=O)ccc12. The highest BCUT2D eigenvalue weighted by Gasteiger charge is 2.17. The number of hydrogen-bond donors (Lipinski definition) is 2. The van der Waals surface area contributed by atoms with Crippen LogP contribution in [0.4, 0.5) is 0 Å². The molecule has 3 N–H and O–H groups in total. The van der Waals surface area contributed by atoms with Gasteiger partial charge in [-0.1, -0.05) is 49.7 Å². The first-order valence-corrected chi connectivity index (χ1v) is 9.95. The van der Waals surface area contributed by atoms with Gasteiger partial charge in [-0.05, 0) is 29.7 Å². The molecule has 2 aromatic carbocycles. The Balaban J connectivity index is 1.82. The maximum Gasteiger partial charge on any atom is 0.248 e. The molecule has 0 aliphatic heterocycles. The molecule has 0 saturated heterocycles. The van der Waals surface area contributed by atoms with Crippen LogP contribution in [-0.2, 0) is 16.1 Å². The molecule has 1 atom stereocenters. The van der Waals surface area contributed by atoms with Gasteiger partial charge in [0.15, 0.2) is 0 Å². The van der Waals surface area contributed by atoms with E-state index in [1.807, 2.05) is 42.5 Å². The quantitative estimate of drug-likeness (QED) is 0.379. The van der Waals surface area contributed by atoms with Gasteiger partial charge in [-0.3, -0.25) is 4.79 Å². The number of unbranched alkanes of at least 4 members (excludes halogenated alkanes) is 1. The third-order valence-electron chi connectivity index (χ3n) is 4.68. The molecule has 29 heavy (non-hydrogen) atoms. The normalized spacial score (nSPS) is 12.2. The third kappa shape index (κ3) is 5.67. The Morgan fingerprint density at radius 3 is 2.66 bits per heavy atom. The molecule has 0 fully saturated rings. The van der Waals surface area contributed by atoms with Gasteiger partial charge in [-0.15, -0.1) is 0 Å². The van der Waals surface area contributed by atoms with Crippen molar-refractivity contribution in [2.24, 2.45) is 5.73 Å². The predicted molar refractivity (Wildman–Crippen MR) is 114 cm³/mol. The number of nitrogens with one attached hydrogen (secondary N) is 1. The highest BCUT2D eigenvalue weighted by molar-refractivity contribution is 5.87. The van der Waals surface area contributed by atoms with Crippen LogP contribution in [0.25, 0.3) is 10.9 Å². The summed E-state index contributed by atoms with van der Waals surface area (Å²) in [4.78, 5) is 14.8. The lowest BCUT2D eigenvalue weighted by molar-refractivity contribution is -0.0881. The zero-order valence-electron chi connectivity index (χ0n) is 16.7. The third-order valence-corrected chi connectivity index (χ3v) is 4.68. The largest absolute Gasteiger partial charge is 0.487 e. The fourth-order valence-electron chi connectivity index (χ4n) is 3.10. The first kappa shape index (κ1) is 21.0. The highest BCUT2D eigenvalue weighted by Crippen LogP contribution is 2.31. The molecule has 0 spiro atoms. The number of benzene rings is 2. The summed E-state index contributed by atoms with van der Waals surface area (Å²) in [5.41, 5.74) is 8.35. The summed E-state index contributed by atoms with van der Waals surface area (Å²) in [6, 6.07) is 16.9. The van der Waals surface area contributed by atoms with Gasteiger partial charge in [0.1, 0.15) is 19.1 Å². The first-order chi connectivity index (χ1) is 14.2. The lowest BCUT2D eigenvalue weighted by Crippen LogP contribution is -2.18. The number of H-pyrrole nitrogens is 1.